The molecule has 0 aromatic heterocycles. The Morgan fingerprint density at radius 2 is 2.13 bits per heavy atom. The van der Waals surface area contributed by atoms with E-state index in [0.717, 1.165) is 25.9 Å². The summed E-state index contributed by atoms with van der Waals surface area (Å²) in [6.45, 7) is 4.71. The van der Waals surface area contributed by atoms with Crippen molar-refractivity contribution in [3.63, 3.8) is 0 Å². The number of ether oxygens (including phenoxy) is 2. The topological polar surface area (TPSA) is 50.8 Å². The first-order valence-electron chi connectivity index (χ1n) is 8.55. The summed E-state index contributed by atoms with van der Waals surface area (Å²) in [5, 5.41) is 3.08. The third-order valence-electron chi connectivity index (χ3n) is 4.61. The first kappa shape index (κ1) is 16.3. The van der Waals surface area contributed by atoms with Gasteiger partial charge < -0.3 is 19.7 Å². The van der Waals surface area contributed by atoms with E-state index < -0.39 is 0 Å². The van der Waals surface area contributed by atoms with Crippen molar-refractivity contribution in [1.82, 2.24) is 10.2 Å². The standard InChI is InChI=1S/C18H26N2O3/c1-14(17-8-5-10-23-17)19-18(21)20-9-11-22-16(13-20)12-15-6-3-2-4-7-15/h2-4,6-7,14,16-17H,5,8-13H2,1H3,(H,19,21)/t14-,16+,17-/m0/s1. The molecular formula is C18H26N2O3. The van der Waals surface area contributed by atoms with Crippen LogP contribution in [-0.2, 0) is 15.9 Å². The van der Waals surface area contributed by atoms with Gasteiger partial charge in [-0.15, -0.1) is 0 Å². The predicted molar refractivity (Wildman–Crippen MR) is 88.4 cm³/mol. The molecule has 1 N–H and O–H groups in total. The maximum Gasteiger partial charge on any atom is 0.317 e. The van der Waals surface area contributed by atoms with Crippen molar-refractivity contribution in [2.24, 2.45) is 0 Å². The number of hydrogen-bond acceptors (Lipinski definition) is 3. The van der Waals surface area contributed by atoms with Gasteiger partial charge in [0.1, 0.15) is 0 Å². The Bertz CT molecular complexity index is 502. The van der Waals surface area contributed by atoms with Crippen LogP contribution in [0.2, 0.25) is 0 Å². The third-order valence-corrected chi connectivity index (χ3v) is 4.61. The Hall–Kier alpha value is -1.59. The summed E-state index contributed by atoms with van der Waals surface area (Å²) in [6.07, 6.45) is 3.17. The molecule has 23 heavy (non-hydrogen) atoms. The van der Waals surface area contributed by atoms with Crippen molar-refractivity contribution in [3.05, 3.63) is 35.9 Å². The molecule has 0 radical (unpaired) electrons. The van der Waals surface area contributed by atoms with E-state index in [2.05, 4.69) is 17.4 Å². The van der Waals surface area contributed by atoms with Crippen LogP contribution in [0.25, 0.3) is 0 Å². The Morgan fingerprint density at radius 3 is 2.87 bits per heavy atom. The molecule has 2 fully saturated rings. The van der Waals surface area contributed by atoms with Crippen molar-refractivity contribution in [2.75, 3.05) is 26.3 Å². The number of benzene rings is 1. The average Bonchev–Trinajstić information content (AvgIpc) is 3.10. The summed E-state index contributed by atoms with van der Waals surface area (Å²) in [6, 6.07) is 10.3. The highest BCUT2D eigenvalue weighted by atomic mass is 16.5. The lowest BCUT2D eigenvalue weighted by Gasteiger charge is -2.34. The molecule has 2 amide bonds. The number of hydrogen-bond donors (Lipinski definition) is 1. The summed E-state index contributed by atoms with van der Waals surface area (Å²) >= 11 is 0. The van der Waals surface area contributed by atoms with Crippen LogP contribution in [0.4, 0.5) is 4.79 Å². The van der Waals surface area contributed by atoms with Gasteiger partial charge in [0.15, 0.2) is 0 Å². The van der Waals surface area contributed by atoms with Gasteiger partial charge >= 0.3 is 6.03 Å². The zero-order chi connectivity index (χ0) is 16.1. The molecule has 2 saturated heterocycles. The summed E-state index contributed by atoms with van der Waals surface area (Å²) < 4.78 is 11.5. The van der Waals surface area contributed by atoms with E-state index in [1.165, 1.54) is 5.56 Å². The molecule has 1 aromatic rings. The highest BCUT2D eigenvalue weighted by molar-refractivity contribution is 5.74. The van der Waals surface area contributed by atoms with Crippen molar-refractivity contribution in [2.45, 2.75) is 44.4 Å². The second-order valence-corrected chi connectivity index (χ2v) is 6.42. The van der Waals surface area contributed by atoms with Gasteiger partial charge in [0.05, 0.1) is 24.9 Å². The minimum Gasteiger partial charge on any atom is -0.376 e. The fourth-order valence-electron chi connectivity index (χ4n) is 3.28. The van der Waals surface area contributed by atoms with E-state index in [9.17, 15) is 4.79 Å². The van der Waals surface area contributed by atoms with Crippen LogP contribution in [0.1, 0.15) is 25.3 Å². The second kappa shape index (κ2) is 7.79. The van der Waals surface area contributed by atoms with E-state index in [4.69, 9.17) is 9.47 Å². The van der Waals surface area contributed by atoms with Crippen LogP contribution in [0.3, 0.4) is 0 Å². The van der Waals surface area contributed by atoms with Crippen LogP contribution in [0.15, 0.2) is 30.3 Å². The zero-order valence-corrected chi connectivity index (χ0v) is 13.7. The molecule has 126 valence electrons. The lowest BCUT2D eigenvalue weighted by atomic mass is 10.1. The van der Waals surface area contributed by atoms with Crippen LogP contribution < -0.4 is 5.32 Å². The molecule has 0 saturated carbocycles. The monoisotopic (exact) mass is 318 g/mol. The average molecular weight is 318 g/mol. The zero-order valence-electron chi connectivity index (χ0n) is 13.7. The van der Waals surface area contributed by atoms with Gasteiger partial charge in [-0.25, -0.2) is 4.79 Å². The summed E-state index contributed by atoms with van der Waals surface area (Å²) in [5.74, 6) is 0. The molecule has 0 spiro atoms. The SMILES string of the molecule is C[C@H](NC(=O)N1CCO[C@H](Cc2ccccc2)C1)[C@@H]1CCCO1. The molecular weight excluding hydrogens is 292 g/mol. The molecule has 0 aliphatic carbocycles. The van der Waals surface area contributed by atoms with E-state index >= 15 is 0 Å². The molecule has 0 bridgehead atoms. The van der Waals surface area contributed by atoms with Gasteiger partial charge in [0, 0.05) is 26.1 Å². The van der Waals surface area contributed by atoms with Crippen molar-refractivity contribution in [3.8, 4) is 0 Å². The first-order chi connectivity index (χ1) is 11.2. The fourth-order valence-corrected chi connectivity index (χ4v) is 3.28. The van der Waals surface area contributed by atoms with Gasteiger partial charge in [-0.1, -0.05) is 30.3 Å². The summed E-state index contributed by atoms with van der Waals surface area (Å²) in [5.41, 5.74) is 1.24. The molecule has 0 unspecified atom stereocenters. The number of urea groups is 1. The molecule has 3 atom stereocenters. The van der Waals surface area contributed by atoms with Gasteiger partial charge in [0.25, 0.3) is 0 Å². The highest BCUT2D eigenvalue weighted by Crippen LogP contribution is 2.16. The van der Waals surface area contributed by atoms with Gasteiger partial charge in [-0.2, -0.15) is 0 Å². The van der Waals surface area contributed by atoms with E-state index in [1.807, 2.05) is 30.0 Å². The van der Waals surface area contributed by atoms with Crippen molar-refractivity contribution >= 4 is 6.03 Å². The first-order valence-corrected chi connectivity index (χ1v) is 8.55. The normalized spacial score (nSPS) is 26.0. The molecule has 2 aliphatic rings. The lowest BCUT2D eigenvalue weighted by Crippen LogP contribution is -2.53. The summed E-state index contributed by atoms with van der Waals surface area (Å²) in [7, 11) is 0. The molecule has 3 rings (SSSR count). The predicted octanol–water partition coefficient (Wildman–Crippen LogP) is 2.21. The number of rotatable bonds is 4. The quantitative estimate of drug-likeness (QED) is 0.926. The number of morpholine rings is 1. The minimum absolute atomic E-state index is 0.00522. The van der Waals surface area contributed by atoms with Crippen molar-refractivity contribution in [1.29, 1.82) is 0 Å². The van der Waals surface area contributed by atoms with Crippen LogP contribution in [-0.4, -0.2) is 55.5 Å². The smallest absolute Gasteiger partial charge is 0.317 e. The van der Waals surface area contributed by atoms with Crippen LogP contribution in [0.5, 0.6) is 0 Å². The fraction of sp³-hybridized carbons (Fsp3) is 0.611. The molecule has 2 heterocycles. The second-order valence-electron chi connectivity index (χ2n) is 6.42. The van der Waals surface area contributed by atoms with Crippen LogP contribution in [0, 0.1) is 0 Å². The minimum atomic E-state index is -0.00522. The Labute approximate surface area is 137 Å². The van der Waals surface area contributed by atoms with Crippen molar-refractivity contribution < 1.29 is 14.3 Å². The Balaban J connectivity index is 1.50. The van der Waals surface area contributed by atoms with Gasteiger partial charge in [-0.3, -0.25) is 0 Å². The Morgan fingerprint density at radius 1 is 1.30 bits per heavy atom. The maximum absolute atomic E-state index is 12.5. The molecule has 5 nitrogen and oxygen atoms in total. The number of nitrogens with one attached hydrogen (secondary N) is 1. The maximum atomic E-state index is 12.5. The molecule has 2 aliphatic heterocycles. The number of carbonyl (C=O) groups excluding carboxylic acids is 1. The van der Waals surface area contributed by atoms with E-state index in [0.29, 0.717) is 19.7 Å². The molecule has 5 heteroatoms. The third kappa shape index (κ3) is 4.45. The highest BCUT2D eigenvalue weighted by Gasteiger charge is 2.28. The largest absolute Gasteiger partial charge is 0.376 e. The Kier molecular flexibility index (Phi) is 5.51. The summed E-state index contributed by atoms with van der Waals surface area (Å²) in [4.78, 5) is 14.3. The van der Waals surface area contributed by atoms with Crippen LogP contribution >= 0.6 is 0 Å². The number of carbonyl (C=O) groups is 1. The lowest BCUT2D eigenvalue weighted by molar-refractivity contribution is -0.0145. The van der Waals surface area contributed by atoms with E-state index in [-0.39, 0.29) is 24.3 Å². The number of amides is 2. The van der Waals surface area contributed by atoms with Gasteiger partial charge in [0.2, 0.25) is 0 Å². The number of nitrogens with zero attached hydrogens (tertiary/aromatic N) is 1. The molecule has 1 aromatic carbocycles. The van der Waals surface area contributed by atoms with E-state index in [1.54, 1.807) is 0 Å². The van der Waals surface area contributed by atoms with Gasteiger partial charge in [-0.05, 0) is 25.3 Å².